The summed E-state index contributed by atoms with van der Waals surface area (Å²) in [7, 11) is 0. The zero-order valence-electron chi connectivity index (χ0n) is 10.3. The van der Waals surface area contributed by atoms with Crippen LogP contribution in [0.4, 0.5) is 0 Å². The molecule has 0 bridgehead atoms. The second kappa shape index (κ2) is 5.58. The summed E-state index contributed by atoms with van der Waals surface area (Å²) >= 11 is 13.5. The van der Waals surface area contributed by atoms with Crippen molar-refractivity contribution in [1.82, 2.24) is 9.78 Å². The summed E-state index contributed by atoms with van der Waals surface area (Å²) in [6.07, 6.45) is 1.73. The minimum atomic E-state index is -0.367. The molecule has 2 aromatic heterocycles. The SMILES string of the molecule is NC(c1cc(Cl)sc1Cl)c1ccnn1-c1ccccc1. The van der Waals surface area contributed by atoms with Crippen LogP contribution in [0.2, 0.25) is 8.67 Å². The van der Waals surface area contributed by atoms with Gasteiger partial charge in [0.05, 0.1) is 26.1 Å². The van der Waals surface area contributed by atoms with Crippen molar-refractivity contribution in [2.45, 2.75) is 6.04 Å². The van der Waals surface area contributed by atoms with Crippen molar-refractivity contribution in [3.63, 3.8) is 0 Å². The van der Waals surface area contributed by atoms with Crippen molar-refractivity contribution >= 4 is 34.5 Å². The van der Waals surface area contributed by atoms with Gasteiger partial charge in [0.15, 0.2) is 0 Å². The molecule has 1 atom stereocenters. The highest BCUT2D eigenvalue weighted by atomic mass is 35.5. The fraction of sp³-hybridized carbons (Fsp3) is 0.0714. The quantitative estimate of drug-likeness (QED) is 0.781. The lowest BCUT2D eigenvalue weighted by molar-refractivity contribution is 0.741. The van der Waals surface area contributed by atoms with Gasteiger partial charge < -0.3 is 5.73 Å². The Labute approximate surface area is 130 Å². The van der Waals surface area contributed by atoms with Gasteiger partial charge in [-0.1, -0.05) is 41.4 Å². The summed E-state index contributed by atoms with van der Waals surface area (Å²) in [5.41, 5.74) is 8.96. The van der Waals surface area contributed by atoms with Gasteiger partial charge in [0.2, 0.25) is 0 Å². The molecular weight excluding hydrogens is 313 g/mol. The van der Waals surface area contributed by atoms with Crippen molar-refractivity contribution < 1.29 is 0 Å². The van der Waals surface area contributed by atoms with Gasteiger partial charge in [-0.3, -0.25) is 0 Å². The summed E-state index contributed by atoms with van der Waals surface area (Å²) in [4.78, 5) is 0. The van der Waals surface area contributed by atoms with Crippen LogP contribution in [0, 0.1) is 0 Å². The first-order chi connectivity index (χ1) is 9.66. The van der Waals surface area contributed by atoms with E-state index < -0.39 is 0 Å². The Morgan fingerprint density at radius 3 is 2.55 bits per heavy atom. The Balaban J connectivity index is 2.04. The molecule has 3 aromatic rings. The Morgan fingerprint density at radius 2 is 1.90 bits per heavy atom. The third kappa shape index (κ3) is 2.47. The largest absolute Gasteiger partial charge is 0.319 e. The lowest BCUT2D eigenvalue weighted by Gasteiger charge is -2.13. The van der Waals surface area contributed by atoms with E-state index in [1.54, 1.807) is 6.20 Å². The van der Waals surface area contributed by atoms with E-state index in [0.29, 0.717) is 8.67 Å². The smallest absolute Gasteiger partial charge is 0.0995 e. The summed E-state index contributed by atoms with van der Waals surface area (Å²) in [5.74, 6) is 0. The summed E-state index contributed by atoms with van der Waals surface area (Å²) in [6, 6.07) is 13.2. The molecule has 0 aliphatic rings. The Morgan fingerprint density at radius 1 is 1.15 bits per heavy atom. The van der Waals surface area contributed by atoms with Crippen LogP contribution in [0.1, 0.15) is 17.3 Å². The molecule has 0 radical (unpaired) electrons. The van der Waals surface area contributed by atoms with E-state index >= 15 is 0 Å². The lowest BCUT2D eigenvalue weighted by Crippen LogP contribution is -2.16. The Bertz CT molecular complexity index is 721. The molecule has 0 fully saturated rings. The van der Waals surface area contributed by atoms with Crippen LogP contribution in [0.5, 0.6) is 0 Å². The van der Waals surface area contributed by atoms with Gasteiger partial charge in [-0.25, -0.2) is 4.68 Å². The van der Waals surface area contributed by atoms with E-state index in [9.17, 15) is 0 Å². The molecule has 2 heterocycles. The van der Waals surface area contributed by atoms with Gasteiger partial charge in [-0.15, -0.1) is 11.3 Å². The first-order valence-electron chi connectivity index (χ1n) is 5.96. The molecule has 0 spiro atoms. The summed E-state index contributed by atoms with van der Waals surface area (Å²) in [6.45, 7) is 0. The number of nitrogens with two attached hydrogens (primary N) is 1. The molecule has 102 valence electrons. The van der Waals surface area contributed by atoms with Gasteiger partial charge >= 0.3 is 0 Å². The maximum absolute atomic E-state index is 6.32. The molecule has 0 aliphatic carbocycles. The molecule has 1 aromatic carbocycles. The van der Waals surface area contributed by atoms with E-state index in [1.807, 2.05) is 47.1 Å². The second-order valence-electron chi connectivity index (χ2n) is 4.26. The van der Waals surface area contributed by atoms with Crippen molar-refractivity contribution in [3.8, 4) is 5.69 Å². The van der Waals surface area contributed by atoms with E-state index in [1.165, 1.54) is 11.3 Å². The first kappa shape index (κ1) is 13.6. The highest BCUT2D eigenvalue weighted by molar-refractivity contribution is 7.20. The average molecular weight is 324 g/mol. The summed E-state index contributed by atoms with van der Waals surface area (Å²) in [5, 5.41) is 4.33. The molecule has 2 N–H and O–H groups in total. The van der Waals surface area contributed by atoms with Crippen LogP contribution < -0.4 is 5.73 Å². The molecule has 0 amide bonds. The number of rotatable bonds is 3. The zero-order valence-corrected chi connectivity index (χ0v) is 12.7. The van der Waals surface area contributed by atoms with E-state index in [0.717, 1.165) is 16.9 Å². The van der Waals surface area contributed by atoms with Crippen LogP contribution in [0.15, 0.2) is 48.7 Å². The Hall–Kier alpha value is -1.33. The minimum absolute atomic E-state index is 0.367. The fourth-order valence-electron chi connectivity index (χ4n) is 2.06. The molecule has 0 aliphatic heterocycles. The molecule has 3 nitrogen and oxygen atoms in total. The van der Waals surface area contributed by atoms with Crippen LogP contribution >= 0.6 is 34.5 Å². The van der Waals surface area contributed by atoms with Gasteiger partial charge in [-0.05, 0) is 24.3 Å². The lowest BCUT2D eigenvalue weighted by atomic mass is 10.1. The normalized spacial score (nSPS) is 12.6. The van der Waals surface area contributed by atoms with E-state index in [4.69, 9.17) is 28.9 Å². The molecule has 0 saturated heterocycles. The topological polar surface area (TPSA) is 43.8 Å². The van der Waals surface area contributed by atoms with Gasteiger partial charge in [0, 0.05) is 11.8 Å². The van der Waals surface area contributed by atoms with Gasteiger partial charge in [-0.2, -0.15) is 5.10 Å². The predicted octanol–water partition coefficient (Wildman–Crippen LogP) is 4.29. The van der Waals surface area contributed by atoms with Crippen LogP contribution in [0.3, 0.4) is 0 Å². The van der Waals surface area contributed by atoms with Crippen LogP contribution in [0.25, 0.3) is 5.69 Å². The molecule has 0 saturated carbocycles. The number of hydrogen-bond acceptors (Lipinski definition) is 3. The number of thiophene rings is 1. The third-order valence-electron chi connectivity index (χ3n) is 3.01. The van der Waals surface area contributed by atoms with Gasteiger partial charge in [0.25, 0.3) is 0 Å². The van der Waals surface area contributed by atoms with Crippen molar-refractivity contribution in [3.05, 3.63) is 68.6 Å². The zero-order chi connectivity index (χ0) is 14.1. The number of benzene rings is 1. The minimum Gasteiger partial charge on any atom is -0.319 e. The number of nitrogens with zero attached hydrogens (tertiary/aromatic N) is 2. The van der Waals surface area contributed by atoms with E-state index in [2.05, 4.69) is 5.10 Å². The molecular formula is C14H11Cl2N3S. The number of halogens is 2. The third-order valence-corrected chi connectivity index (χ3v) is 4.53. The van der Waals surface area contributed by atoms with Crippen LogP contribution in [-0.2, 0) is 0 Å². The fourth-order valence-corrected chi connectivity index (χ4v) is 3.61. The monoisotopic (exact) mass is 323 g/mol. The first-order valence-corrected chi connectivity index (χ1v) is 7.53. The average Bonchev–Trinajstić information content (AvgIpc) is 3.05. The van der Waals surface area contributed by atoms with Gasteiger partial charge in [0.1, 0.15) is 0 Å². The van der Waals surface area contributed by atoms with Crippen LogP contribution in [-0.4, -0.2) is 9.78 Å². The van der Waals surface area contributed by atoms with E-state index in [-0.39, 0.29) is 6.04 Å². The number of hydrogen-bond donors (Lipinski definition) is 1. The molecule has 1 unspecified atom stereocenters. The standard InChI is InChI=1S/C14H11Cl2N3S/c15-12-8-10(14(16)20-12)13(17)11-6-7-18-19(11)9-4-2-1-3-5-9/h1-8,13H,17H2. The molecule has 20 heavy (non-hydrogen) atoms. The second-order valence-corrected chi connectivity index (χ2v) is 6.55. The highest BCUT2D eigenvalue weighted by Crippen LogP contribution is 2.36. The molecule has 6 heteroatoms. The number of aromatic nitrogens is 2. The van der Waals surface area contributed by atoms with Crippen molar-refractivity contribution in [2.24, 2.45) is 5.73 Å². The molecule has 3 rings (SSSR count). The highest BCUT2D eigenvalue weighted by Gasteiger charge is 2.19. The van der Waals surface area contributed by atoms with Crippen molar-refractivity contribution in [1.29, 1.82) is 0 Å². The number of para-hydroxylation sites is 1. The van der Waals surface area contributed by atoms with Crippen molar-refractivity contribution in [2.75, 3.05) is 0 Å². The Kier molecular flexibility index (Phi) is 3.81. The maximum Gasteiger partial charge on any atom is 0.0995 e. The predicted molar refractivity (Wildman–Crippen MR) is 83.9 cm³/mol. The summed E-state index contributed by atoms with van der Waals surface area (Å²) < 4.78 is 3.06. The maximum atomic E-state index is 6.32.